The molecule has 2 heterocycles. The van der Waals surface area contributed by atoms with Crippen molar-refractivity contribution in [3.63, 3.8) is 0 Å². The van der Waals surface area contributed by atoms with Crippen LogP contribution in [0.4, 0.5) is 5.82 Å². The molecule has 0 spiro atoms. The van der Waals surface area contributed by atoms with Gasteiger partial charge in [-0.15, -0.1) is 0 Å². The summed E-state index contributed by atoms with van der Waals surface area (Å²) in [5, 5.41) is 4.76. The number of hydrogen-bond donors (Lipinski definition) is 1. The van der Waals surface area contributed by atoms with Gasteiger partial charge in [0, 0.05) is 6.54 Å². The number of ether oxygens (including phenoxy) is 1. The van der Waals surface area contributed by atoms with Gasteiger partial charge in [-0.2, -0.15) is 0 Å². The minimum atomic E-state index is 0.556. The lowest BCUT2D eigenvalue weighted by molar-refractivity contribution is 0.0454. The summed E-state index contributed by atoms with van der Waals surface area (Å²) in [5.74, 6) is 0.863. The Bertz CT molecular complexity index is 317. The fourth-order valence-corrected chi connectivity index (χ4v) is 2.14. The van der Waals surface area contributed by atoms with Crippen LogP contribution in [-0.2, 0) is 4.74 Å². The van der Waals surface area contributed by atoms with Gasteiger partial charge in [-0.05, 0) is 6.42 Å². The molecule has 0 aromatic carbocycles. The Morgan fingerprint density at radius 3 is 3.07 bits per heavy atom. The molecular weight excluding hydrogens is 210 g/mol. The minimum absolute atomic E-state index is 0.556. The van der Waals surface area contributed by atoms with Crippen molar-refractivity contribution in [1.82, 2.24) is 9.97 Å². The summed E-state index contributed by atoms with van der Waals surface area (Å²) >= 11 is 1.74. The quantitative estimate of drug-likeness (QED) is 0.827. The van der Waals surface area contributed by atoms with Gasteiger partial charge in [-0.1, -0.05) is 18.7 Å². The van der Waals surface area contributed by atoms with Gasteiger partial charge in [0.05, 0.1) is 30.9 Å². The predicted molar refractivity (Wildman–Crippen MR) is 61.3 cm³/mol. The standard InChI is InChI=1S/C10H15N3OS/c1-2-3-12-9-4-11-5-10(13-9)15-8-6-14-7-8/h4-5,8H,2-3,6-7H2,1H3,(H,12,13). The Hall–Kier alpha value is -0.810. The summed E-state index contributed by atoms with van der Waals surface area (Å²) in [6, 6.07) is 0. The van der Waals surface area contributed by atoms with E-state index in [1.54, 1.807) is 24.2 Å². The molecule has 1 aromatic heterocycles. The van der Waals surface area contributed by atoms with E-state index in [4.69, 9.17) is 4.74 Å². The molecule has 2 rings (SSSR count). The van der Waals surface area contributed by atoms with E-state index in [9.17, 15) is 0 Å². The Kier molecular flexibility index (Phi) is 3.80. The third-order valence-corrected chi connectivity index (χ3v) is 3.11. The fraction of sp³-hybridized carbons (Fsp3) is 0.600. The van der Waals surface area contributed by atoms with E-state index in [1.165, 1.54) is 0 Å². The maximum Gasteiger partial charge on any atom is 0.145 e. The summed E-state index contributed by atoms with van der Waals surface area (Å²) in [7, 11) is 0. The highest BCUT2D eigenvalue weighted by Crippen LogP contribution is 2.26. The first-order chi connectivity index (χ1) is 7.38. The van der Waals surface area contributed by atoms with Gasteiger partial charge in [0.1, 0.15) is 10.8 Å². The molecule has 0 amide bonds. The highest BCUT2D eigenvalue weighted by atomic mass is 32.2. The average Bonchev–Trinajstić information content (AvgIpc) is 2.21. The normalized spacial score (nSPS) is 16.1. The first-order valence-electron chi connectivity index (χ1n) is 5.19. The highest BCUT2D eigenvalue weighted by molar-refractivity contribution is 8.00. The van der Waals surface area contributed by atoms with Gasteiger partial charge in [0.2, 0.25) is 0 Å². The molecule has 1 aromatic rings. The molecule has 1 aliphatic rings. The molecule has 0 saturated carbocycles. The van der Waals surface area contributed by atoms with Gasteiger partial charge in [0.15, 0.2) is 0 Å². The van der Waals surface area contributed by atoms with E-state index < -0.39 is 0 Å². The van der Waals surface area contributed by atoms with Crippen molar-refractivity contribution in [3.8, 4) is 0 Å². The second-order valence-electron chi connectivity index (χ2n) is 3.45. The largest absolute Gasteiger partial charge is 0.379 e. The van der Waals surface area contributed by atoms with Gasteiger partial charge in [0.25, 0.3) is 0 Å². The zero-order valence-electron chi connectivity index (χ0n) is 8.77. The molecular formula is C10H15N3OS. The molecule has 1 N–H and O–H groups in total. The molecule has 4 nitrogen and oxygen atoms in total. The number of hydrogen-bond acceptors (Lipinski definition) is 5. The number of rotatable bonds is 5. The van der Waals surface area contributed by atoms with Crippen molar-refractivity contribution < 1.29 is 4.74 Å². The van der Waals surface area contributed by atoms with E-state index in [-0.39, 0.29) is 0 Å². The lowest BCUT2D eigenvalue weighted by Gasteiger charge is -2.24. The smallest absolute Gasteiger partial charge is 0.145 e. The van der Waals surface area contributed by atoms with Gasteiger partial charge < -0.3 is 10.1 Å². The van der Waals surface area contributed by atoms with Crippen LogP contribution in [0.25, 0.3) is 0 Å². The summed E-state index contributed by atoms with van der Waals surface area (Å²) in [5.41, 5.74) is 0. The van der Waals surface area contributed by atoms with Crippen LogP contribution in [0.5, 0.6) is 0 Å². The van der Waals surface area contributed by atoms with Crippen molar-refractivity contribution in [2.75, 3.05) is 25.1 Å². The number of nitrogens with zero attached hydrogens (tertiary/aromatic N) is 2. The van der Waals surface area contributed by atoms with E-state index in [0.29, 0.717) is 5.25 Å². The zero-order valence-corrected chi connectivity index (χ0v) is 9.59. The van der Waals surface area contributed by atoms with Crippen LogP contribution in [0.3, 0.4) is 0 Å². The average molecular weight is 225 g/mol. The Labute approximate surface area is 93.8 Å². The van der Waals surface area contributed by atoms with Crippen molar-refractivity contribution in [2.24, 2.45) is 0 Å². The molecule has 0 atom stereocenters. The van der Waals surface area contributed by atoms with Crippen molar-refractivity contribution >= 4 is 17.6 Å². The minimum Gasteiger partial charge on any atom is -0.379 e. The molecule has 82 valence electrons. The fourth-order valence-electron chi connectivity index (χ4n) is 1.20. The maximum absolute atomic E-state index is 5.12. The monoisotopic (exact) mass is 225 g/mol. The first kappa shape index (κ1) is 10.7. The topological polar surface area (TPSA) is 47.0 Å². The lowest BCUT2D eigenvalue weighted by Crippen LogP contribution is -2.30. The highest BCUT2D eigenvalue weighted by Gasteiger charge is 2.20. The van der Waals surface area contributed by atoms with E-state index in [2.05, 4.69) is 22.2 Å². The van der Waals surface area contributed by atoms with E-state index >= 15 is 0 Å². The second-order valence-corrected chi connectivity index (χ2v) is 4.77. The molecule has 5 heteroatoms. The number of thioether (sulfide) groups is 1. The van der Waals surface area contributed by atoms with E-state index in [1.807, 2.05) is 0 Å². The number of nitrogens with one attached hydrogen (secondary N) is 1. The summed E-state index contributed by atoms with van der Waals surface area (Å²) in [6.07, 6.45) is 4.66. The number of anilines is 1. The maximum atomic E-state index is 5.12. The first-order valence-corrected chi connectivity index (χ1v) is 6.06. The van der Waals surface area contributed by atoms with E-state index in [0.717, 1.165) is 37.0 Å². The Morgan fingerprint density at radius 2 is 2.40 bits per heavy atom. The molecule has 1 saturated heterocycles. The summed E-state index contributed by atoms with van der Waals surface area (Å²) < 4.78 is 5.12. The molecule has 1 aliphatic heterocycles. The third kappa shape index (κ3) is 3.07. The van der Waals surface area contributed by atoms with Crippen LogP contribution < -0.4 is 5.32 Å². The van der Waals surface area contributed by atoms with Gasteiger partial charge in [-0.25, -0.2) is 4.98 Å². The number of aromatic nitrogens is 2. The summed E-state index contributed by atoms with van der Waals surface area (Å²) in [6.45, 7) is 4.73. The SMILES string of the molecule is CCCNc1cncc(SC2COC2)n1. The Morgan fingerprint density at radius 1 is 1.53 bits per heavy atom. The molecule has 0 aliphatic carbocycles. The van der Waals surface area contributed by atoms with Crippen LogP contribution in [0.2, 0.25) is 0 Å². The second kappa shape index (κ2) is 5.32. The summed E-state index contributed by atoms with van der Waals surface area (Å²) in [4.78, 5) is 8.63. The van der Waals surface area contributed by atoms with Gasteiger partial charge in [-0.3, -0.25) is 4.98 Å². The van der Waals surface area contributed by atoms with Crippen molar-refractivity contribution in [3.05, 3.63) is 12.4 Å². The van der Waals surface area contributed by atoms with Crippen molar-refractivity contribution in [1.29, 1.82) is 0 Å². The lowest BCUT2D eigenvalue weighted by atomic mass is 10.4. The van der Waals surface area contributed by atoms with Crippen molar-refractivity contribution in [2.45, 2.75) is 23.6 Å². The molecule has 15 heavy (non-hydrogen) atoms. The van der Waals surface area contributed by atoms with Gasteiger partial charge >= 0.3 is 0 Å². The van der Waals surface area contributed by atoms with Crippen LogP contribution in [0, 0.1) is 0 Å². The van der Waals surface area contributed by atoms with Crippen LogP contribution in [0.15, 0.2) is 17.4 Å². The third-order valence-electron chi connectivity index (χ3n) is 2.06. The molecule has 0 bridgehead atoms. The molecule has 1 fully saturated rings. The molecule has 0 radical (unpaired) electrons. The van der Waals surface area contributed by atoms with Crippen LogP contribution in [0.1, 0.15) is 13.3 Å². The van der Waals surface area contributed by atoms with Crippen LogP contribution >= 0.6 is 11.8 Å². The predicted octanol–water partition coefficient (Wildman–Crippen LogP) is 1.79. The Balaban J connectivity index is 1.92. The zero-order chi connectivity index (χ0) is 10.5. The molecule has 0 unspecified atom stereocenters. The van der Waals surface area contributed by atoms with Crippen LogP contribution in [-0.4, -0.2) is 35.0 Å².